The minimum absolute atomic E-state index is 0.00126. The Morgan fingerprint density at radius 3 is 2.69 bits per heavy atom. The predicted octanol–water partition coefficient (Wildman–Crippen LogP) is 3.44. The summed E-state index contributed by atoms with van der Waals surface area (Å²) in [4.78, 5) is 33.3. The number of likely N-dealkylation sites (tertiary alicyclic amines) is 2. The molecule has 0 radical (unpaired) electrons. The van der Waals surface area contributed by atoms with E-state index in [0.717, 1.165) is 24.0 Å². The van der Waals surface area contributed by atoms with Gasteiger partial charge < -0.3 is 15.5 Å². The lowest BCUT2D eigenvalue weighted by molar-refractivity contribution is -0.132. The van der Waals surface area contributed by atoms with Gasteiger partial charge in [0.2, 0.25) is 5.91 Å². The lowest BCUT2D eigenvalue weighted by Crippen LogP contribution is -2.42. The topological polar surface area (TPSA) is 101 Å². The van der Waals surface area contributed by atoms with Crippen molar-refractivity contribution < 1.29 is 14.0 Å². The first-order chi connectivity index (χ1) is 17.5. The van der Waals surface area contributed by atoms with E-state index in [4.69, 9.17) is 0 Å². The first-order valence-electron chi connectivity index (χ1n) is 12.1. The largest absolute Gasteiger partial charge is 0.380 e. The van der Waals surface area contributed by atoms with Crippen LogP contribution in [0.15, 0.2) is 60.8 Å². The van der Waals surface area contributed by atoms with Gasteiger partial charge in [-0.1, -0.05) is 18.2 Å². The van der Waals surface area contributed by atoms with Crippen LogP contribution >= 0.6 is 0 Å². The number of carbonyl (C=O) groups excluding carboxylic acids is 2. The van der Waals surface area contributed by atoms with Crippen molar-refractivity contribution in [1.82, 2.24) is 14.8 Å². The molecule has 5 rings (SSSR count). The molecule has 2 saturated heterocycles. The van der Waals surface area contributed by atoms with E-state index in [9.17, 15) is 19.2 Å². The monoisotopic (exact) mass is 486 g/mol. The van der Waals surface area contributed by atoms with Crippen LogP contribution in [0.3, 0.4) is 0 Å². The van der Waals surface area contributed by atoms with Crippen molar-refractivity contribution in [3.63, 3.8) is 0 Å². The number of pyridine rings is 1. The van der Waals surface area contributed by atoms with Gasteiger partial charge >= 0.3 is 0 Å². The molecule has 2 fully saturated rings. The van der Waals surface area contributed by atoms with E-state index in [0.29, 0.717) is 23.3 Å². The molecule has 184 valence electrons. The Hall–Kier alpha value is -4.03. The fraction of sp³-hybridized carbons (Fsp3) is 0.333. The third kappa shape index (κ3) is 4.99. The van der Waals surface area contributed by atoms with Crippen LogP contribution in [0.2, 0.25) is 0 Å². The number of fused-ring (bicyclic) bond motifs is 1. The average Bonchev–Trinajstić information content (AvgIpc) is 3.51. The van der Waals surface area contributed by atoms with Gasteiger partial charge in [0.25, 0.3) is 5.91 Å². The van der Waals surface area contributed by atoms with Crippen LogP contribution in [-0.4, -0.2) is 71.0 Å². The van der Waals surface area contributed by atoms with Crippen LogP contribution in [0.4, 0.5) is 15.8 Å². The van der Waals surface area contributed by atoms with E-state index in [-0.39, 0.29) is 37.4 Å². The molecule has 0 saturated carbocycles. The number of hydrogen-bond donors (Lipinski definition) is 2. The van der Waals surface area contributed by atoms with Gasteiger partial charge in [-0.25, -0.2) is 4.39 Å². The smallest absolute Gasteiger partial charge is 0.255 e. The molecule has 3 atom stereocenters. The lowest BCUT2D eigenvalue weighted by atomic mass is 10.1. The van der Waals surface area contributed by atoms with E-state index in [2.05, 4.69) is 15.6 Å². The number of halogens is 1. The van der Waals surface area contributed by atoms with Gasteiger partial charge in [-0.15, -0.1) is 0 Å². The van der Waals surface area contributed by atoms with Crippen molar-refractivity contribution in [2.75, 3.05) is 36.8 Å². The Balaban J connectivity index is 1.25. The number of carbonyl (C=O) groups is 2. The predicted molar refractivity (Wildman–Crippen MR) is 135 cm³/mol. The number of alkyl halides is 1. The molecule has 8 nitrogen and oxygen atoms in total. The van der Waals surface area contributed by atoms with Crippen molar-refractivity contribution in [3.05, 3.63) is 66.4 Å². The van der Waals surface area contributed by atoms with E-state index in [1.54, 1.807) is 18.3 Å². The van der Waals surface area contributed by atoms with E-state index >= 15 is 0 Å². The third-order valence-electron chi connectivity index (χ3n) is 6.76. The zero-order chi connectivity index (χ0) is 25.1. The van der Waals surface area contributed by atoms with Gasteiger partial charge in [-0.3, -0.25) is 19.5 Å². The Kier molecular flexibility index (Phi) is 6.78. The third-order valence-corrected chi connectivity index (χ3v) is 6.76. The Bertz CT molecular complexity index is 1310. The number of nitrogens with one attached hydrogen (secondary N) is 2. The highest BCUT2D eigenvalue weighted by atomic mass is 19.1. The SMILES string of the molecule is N#CC1C[C@H](F)CN1C(=O)CN1CC[C@H](Nc2ccc(NC(=O)c3ccccc3)c3ncccc23)C1. The van der Waals surface area contributed by atoms with Crippen molar-refractivity contribution in [2.24, 2.45) is 0 Å². The summed E-state index contributed by atoms with van der Waals surface area (Å²) in [6, 6.07) is 18.1. The molecule has 1 aromatic heterocycles. The van der Waals surface area contributed by atoms with Crippen LogP contribution in [0.1, 0.15) is 23.2 Å². The van der Waals surface area contributed by atoms with Crippen LogP contribution in [0.25, 0.3) is 10.9 Å². The summed E-state index contributed by atoms with van der Waals surface area (Å²) in [5.74, 6) is -0.398. The van der Waals surface area contributed by atoms with Crippen molar-refractivity contribution in [2.45, 2.75) is 31.1 Å². The van der Waals surface area contributed by atoms with Gasteiger partial charge in [0.15, 0.2) is 0 Å². The molecule has 36 heavy (non-hydrogen) atoms. The van der Waals surface area contributed by atoms with Crippen LogP contribution < -0.4 is 10.6 Å². The first kappa shape index (κ1) is 23.7. The Morgan fingerprint density at radius 1 is 1.08 bits per heavy atom. The summed E-state index contributed by atoms with van der Waals surface area (Å²) in [5, 5.41) is 16.6. The van der Waals surface area contributed by atoms with E-state index in [1.165, 1.54) is 4.90 Å². The highest BCUT2D eigenvalue weighted by molar-refractivity contribution is 6.10. The number of benzene rings is 2. The second-order valence-electron chi connectivity index (χ2n) is 9.27. The number of amides is 2. The number of hydrogen-bond acceptors (Lipinski definition) is 6. The van der Waals surface area contributed by atoms with Gasteiger partial charge in [0.05, 0.1) is 30.4 Å². The molecule has 0 bridgehead atoms. The molecular formula is C27H27FN6O2. The second-order valence-corrected chi connectivity index (χ2v) is 9.27. The summed E-state index contributed by atoms with van der Waals surface area (Å²) in [6.45, 7) is 1.56. The summed E-state index contributed by atoms with van der Waals surface area (Å²) < 4.78 is 13.7. The lowest BCUT2D eigenvalue weighted by Gasteiger charge is -2.23. The fourth-order valence-corrected chi connectivity index (χ4v) is 4.96. The molecule has 0 aliphatic carbocycles. The first-order valence-corrected chi connectivity index (χ1v) is 12.1. The van der Waals surface area contributed by atoms with E-state index < -0.39 is 12.2 Å². The minimum atomic E-state index is -1.13. The molecule has 1 unspecified atom stereocenters. The number of nitriles is 1. The molecular weight excluding hydrogens is 459 g/mol. The molecule has 2 aromatic carbocycles. The average molecular weight is 487 g/mol. The number of rotatable bonds is 6. The van der Waals surface area contributed by atoms with Gasteiger partial charge in [0, 0.05) is 48.4 Å². The second kappa shape index (κ2) is 10.3. The summed E-state index contributed by atoms with van der Waals surface area (Å²) >= 11 is 0. The maximum absolute atomic E-state index is 13.7. The van der Waals surface area contributed by atoms with Crippen molar-refractivity contribution in [3.8, 4) is 6.07 Å². The summed E-state index contributed by atoms with van der Waals surface area (Å²) in [7, 11) is 0. The molecule has 2 amide bonds. The summed E-state index contributed by atoms with van der Waals surface area (Å²) in [6.07, 6.45) is 1.50. The maximum Gasteiger partial charge on any atom is 0.255 e. The molecule has 3 aromatic rings. The highest BCUT2D eigenvalue weighted by Gasteiger charge is 2.36. The fourth-order valence-electron chi connectivity index (χ4n) is 4.96. The quantitative estimate of drug-likeness (QED) is 0.554. The van der Waals surface area contributed by atoms with Crippen molar-refractivity contribution >= 4 is 34.1 Å². The molecule has 2 N–H and O–H groups in total. The van der Waals surface area contributed by atoms with E-state index in [1.807, 2.05) is 53.4 Å². The zero-order valence-corrected chi connectivity index (χ0v) is 19.7. The Labute approximate surface area is 208 Å². The minimum Gasteiger partial charge on any atom is -0.380 e. The Morgan fingerprint density at radius 2 is 1.89 bits per heavy atom. The van der Waals surface area contributed by atoms with Gasteiger partial charge in [-0.2, -0.15) is 5.26 Å². The molecule has 0 spiro atoms. The molecule has 3 heterocycles. The summed E-state index contributed by atoms with van der Waals surface area (Å²) in [5.41, 5.74) is 2.79. The zero-order valence-electron chi connectivity index (χ0n) is 19.7. The highest BCUT2D eigenvalue weighted by Crippen LogP contribution is 2.30. The maximum atomic E-state index is 13.7. The normalized spacial score (nSPS) is 21.9. The molecule has 2 aliphatic rings. The van der Waals surface area contributed by atoms with Crippen LogP contribution in [0, 0.1) is 11.3 Å². The van der Waals surface area contributed by atoms with Gasteiger partial charge in [-0.05, 0) is 42.8 Å². The number of nitrogens with zero attached hydrogens (tertiary/aromatic N) is 4. The number of aromatic nitrogens is 1. The molecule has 9 heteroatoms. The van der Waals surface area contributed by atoms with Crippen LogP contribution in [-0.2, 0) is 4.79 Å². The number of anilines is 2. The molecule has 2 aliphatic heterocycles. The standard InChI is InChI=1S/C27H27FN6O2/c28-19-13-21(14-29)34(15-19)25(35)17-33-12-10-20(16-33)31-23-8-9-24(26-22(23)7-4-11-30-26)32-27(36)18-5-2-1-3-6-18/h1-9,11,19-21,31H,10,12-13,15-17H2,(H,32,36)/t19-,20-,21?/m0/s1. The van der Waals surface area contributed by atoms with Crippen molar-refractivity contribution in [1.29, 1.82) is 5.26 Å². The van der Waals surface area contributed by atoms with Gasteiger partial charge in [0.1, 0.15) is 12.2 Å². The van der Waals surface area contributed by atoms with Crippen LogP contribution in [0.5, 0.6) is 0 Å².